The molecule has 152 valence electrons. The highest BCUT2D eigenvalue weighted by Crippen LogP contribution is 2.44. The number of nitro groups is 1. The van der Waals surface area contributed by atoms with Crippen LogP contribution in [0.2, 0.25) is 0 Å². The maximum Gasteiger partial charge on any atom is 0.269 e. The number of sulfonamides is 1. The fourth-order valence-corrected chi connectivity index (χ4v) is 5.35. The van der Waals surface area contributed by atoms with Crippen LogP contribution in [-0.2, 0) is 10.0 Å². The Morgan fingerprint density at radius 2 is 1.40 bits per heavy atom. The van der Waals surface area contributed by atoms with Crippen molar-refractivity contribution in [2.24, 2.45) is 4.99 Å². The van der Waals surface area contributed by atoms with Crippen molar-refractivity contribution in [1.82, 2.24) is 4.31 Å². The van der Waals surface area contributed by atoms with E-state index in [-0.39, 0.29) is 10.6 Å². The first kappa shape index (κ1) is 19.8. The topological polar surface area (TPSA) is 92.9 Å². The molecule has 0 amide bonds. The van der Waals surface area contributed by atoms with E-state index in [1.54, 1.807) is 6.92 Å². The van der Waals surface area contributed by atoms with Crippen molar-refractivity contribution >= 4 is 21.5 Å². The standard InChI is InChI=1S/C22H19N3O4S/c1-16-23-21(17-8-4-2-5-9-17)22(18-10-6-3-7-11-18)24(16)30(28,29)20-14-12-19(13-15-20)25(26)27/h2-15,21-22H,1H3/t21-,22-/m0/s1. The predicted molar refractivity (Wildman–Crippen MR) is 114 cm³/mol. The lowest BCUT2D eigenvalue weighted by molar-refractivity contribution is -0.384. The van der Waals surface area contributed by atoms with Gasteiger partial charge < -0.3 is 0 Å². The van der Waals surface area contributed by atoms with E-state index in [0.717, 1.165) is 11.1 Å². The predicted octanol–water partition coefficient (Wildman–Crippen LogP) is 4.50. The van der Waals surface area contributed by atoms with E-state index in [9.17, 15) is 18.5 Å². The SMILES string of the molecule is CC1=N[C@@H](c2ccccc2)[C@H](c2ccccc2)N1S(=O)(=O)c1ccc([N+](=O)[O-])cc1. The molecule has 0 radical (unpaired) electrons. The molecule has 8 heteroatoms. The maximum atomic E-state index is 13.6. The zero-order valence-corrected chi connectivity index (χ0v) is 16.9. The van der Waals surface area contributed by atoms with Crippen LogP contribution in [0.1, 0.15) is 30.1 Å². The molecule has 1 aliphatic rings. The van der Waals surface area contributed by atoms with Crippen LogP contribution in [0.25, 0.3) is 0 Å². The molecule has 3 aromatic carbocycles. The summed E-state index contributed by atoms with van der Waals surface area (Å²) in [4.78, 5) is 15.0. The van der Waals surface area contributed by atoms with Crippen LogP contribution in [-0.4, -0.2) is 23.5 Å². The zero-order chi connectivity index (χ0) is 21.3. The molecule has 2 atom stereocenters. The van der Waals surface area contributed by atoms with Gasteiger partial charge in [0.1, 0.15) is 11.9 Å². The first-order chi connectivity index (χ1) is 14.4. The van der Waals surface area contributed by atoms with Gasteiger partial charge in [-0.15, -0.1) is 0 Å². The summed E-state index contributed by atoms with van der Waals surface area (Å²) in [5.74, 6) is 0.371. The van der Waals surface area contributed by atoms with Gasteiger partial charge in [-0.05, 0) is 30.2 Å². The summed E-state index contributed by atoms with van der Waals surface area (Å²) >= 11 is 0. The van der Waals surface area contributed by atoms with Crippen molar-refractivity contribution < 1.29 is 13.3 Å². The van der Waals surface area contributed by atoms with Gasteiger partial charge >= 0.3 is 0 Å². The number of benzene rings is 3. The van der Waals surface area contributed by atoms with E-state index in [1.165, 1.54) is 28.6 Å². The lowest BCUT2D eigenvalue weighted by Crippen LogP contribution is -2.36. The molecule has 0 unspecified atom stereocenters. The van der Waals surface area contributed by atoms with Crippen molar-refractivity contribution in [2.75, 3.05) is 0 Å². The van der Waals surface area contributed by atoms with Gasteiger partial charge in [0.2, 0.25) is 0 Å². The molecule has 7 nitrogen and oxygen atoms in total. The van der Waals surface area contributed by atoms with Crippen LogP contribution in [0.3, 0.4) is 0 Å². The second kappa shape index (κ2) is 7.72. The van der Waals surface area contributed by atoms with Crippen molar-refractivity contribution in [3.63, 3.8) is 0 Å². The van der Waals surface area contributed by atoms with E-state index < -0.39 is 27.0 Å². The third-order valence-corrected chi connectivity index (χ3v) is 6.96. The van der Waals surface area contributed by atoms with E-state index in [0.29, 0.717) is 5.84 Å². The largest absolute Gasteiger partial charge is 0.269 e. The first-order valence-electron chi connectivity index (χ1n) is 9.33. The minimum absolute atomic E-state index is 0.0164. The number of non-ortho nitro benzene ring substituents is 1. The van der Waals surface area contributed by atoms with Gasteiger partial charge in [0, 0.05) is 12.1 Å². The Morgan fingerprint density at radius 3 is 1.93 bits per heavy atom. The highest BCUT2D eigenvalue weighted by atomic mass is 32.2. The lowest BCUT2D eigenvalue weighted by atomic mass is 9.95. The van der Waals surface area contributed by atoms with Crippen molar-refractivity contribution in [3.8, 4) is 0 Å². The number of hydrogen-bond acceptors (Lipinski definition) is 5. The van der Waals surface area contributed by atoms with Crippen molar-refractivity contribution in [1.29, 1.82) is 0 Å². The van der Waals surface area contributed by atoms with Gasteiger partial charge in [-0.1, -0.05) is 60.7 Å². The Hall–Kier alpha value is -3.52. The van der Waals surface area contributed by atoms with Crippen LogP contribution < -0.4 is 0 Å². The number of amidine groups is 1. The summed E-state index contributed by atoms with van der Waals surface area (Å²) < 4.78 is 28.4. The van der Waals surface area contributed by atoms with E-state index in [1.807, 2.05) is 60.7 Å². The average Bonchev–Trinajstić information content (AvgIpc) is 3.13. The highest BCUT2D eigenvalue weighted by molar-refractivity contribution is 7.89. The minimum atomic E-state index is -3.99. The Balaban J connectivity index is 1.82. The second-order valence-corrected chi connectivity index (χ2v) is 8.75. The number of hydrogen-bond donors (Lipinski definition) is 0. The minimum Gasteiger partial charge on any atom is -0.261 e. The van der Waals surface area contributed by atoms with Gasteiger partial charge in [-0.3, -0.25) is 15.1 Å². The summed E-state index contributed by atoms with van der Waals surface area (Å²) in [5, 5.41) is 10.9. The normalized spacial score (nSPS) is 18.8. The summed E-state index contributed by atoms with van der Waals surface area (Å²) in [6.45, 7) is 1.67. The fourth-order valence-electron chi connectivity index (χ4n) is 3.71. The smallest absolute Gasteiger partial charge is 0.261 e. The quantitative estimate of drug-likeness (QED) is 0.448. The zero-order valence-electron chi connectivity index (χ0n) is 16.1. The molecule has 1 aliphatic heterocycles. The average molecular weight is 421 g/mol. The molecular formula is C22H19N3O4S. The fraction of sp³-hybridized carbons (Fsp3) is 0.136. The highest BCUT2D eigenvalue weighted by Gasteiger charge is 2.43. The molecule has 0 saturated carbocycles. The molecule has 0 aliphatic carbocycles. The van der Waals surface area contributed by atoms with Gasteiger partial charge in [-0.2, -0.15) is 0 Å². The summed E-state index contributed by atoms with van der Waals surface area (Å²) in [6.07, 6.45) is 0. The van der Waals surface area contributed by atoms with Gasteiger partial charge in [-0.25, -0.2) is 12.7 Å². The third kappa shape index (κ3) is 3.46. The van der Waals surface area contributed by atoms with Crippen molar-refractivity contribution in [3.05, 3.63) is 106 Å². The molecule has 0 aromatic heterocycles. The van der Waals surface area contributed by atoms with Crippen LogP contribution in [0.15, 0.2) is 94.8 Å². The van der Waals surface area contributed by atoms with Crippen molar-refractivity contribution in [2.45, 2.75) is 23.9 Å². The Labute approximate surface area is 174 Å². The maximum absolute atomic E-state index is 13.6. The Morgan fingerprint density at radius 1 is 0.867 bits per heavy atom. The lowest BCUT2D eigenvalue weighted by Gasteiger charge is -2.29. The van der Waals surface area contributed by atoms with Crippen LogP contribution in [0.5, 0.6) is 0 Å². The summed E-state index contributed by atoms with van der Waals surface area (Å²) in [6, 6.07) is 22.9. The molecule has 0 fully saturated rings. The third-order valence-electron chi connectivity index (χ3n) is 5.08. The second-order valence-electron chi connectivity index (χ2n) is 6.94. The summed E-state index contributed by atoms with van der Waals surface area (Å²) in [5.41, 5.74) is 1.56. The van der Waals surface area contributed by atoms with Gasteiger partial charge in [0.25, 0.3) is 15.7 Å². The monoisotopic (exact) mass is 421 g/mol. The molecule has 0 saturated heterocycles. The van der Waals surface area contributed by atoms with Gasteiger partial charge in [0.05, 0.1) is 15.9 Å². The Bertz CT molecular complexity index is 1190. The molecule has 3 aromatic rings. The number of nitro benzene ring substituents is 1. The van der Waals surface area contributed by atoms with E-state index in [2.05, 4.69) is 0 Å². The van der Waals surface area contributed by atoms with Gasteiger partial charge in [0.15, 0.2) is 0 Å². The molecule has 0 bridgehead atoms. The summed E-state index contributed by atoms with van der Waals surface area (Å²) in [7, 11) is -3.99. The van der Waals surface area contributed by atoms with Crippen LogP contribution in [0.4, 0.5) is 5.69 Å². The van der Waals surface area contributed by atoms with Crippen LogP contribution >= 0.6 is 0 Å². The number of rotatable bonds is 5. The van der Waals surface area contributed by atoms with E-state index >= 15 is 0 Å². The van der Waals surface area contributed by atoms with Crippen LogP contribution in [0, 0.1) is 10.1 Å². The number of aliphatic imine (C=N–C) groups is 1. The molecule has 30 heavy (non-hydrogen) atoms. The first-order valence-corrected chi connectivity index (χ1v) is 10.8. The molecule has 1 heterocycles. The molecular weight excluding hydrogens is 402 g/mol. The molecule has 0 N–H and O–H groups in total. The molecule has 4 rings (SSSR count). The van der Waals surface area contributed by atoms with E-state index in [4.69, 9.17) is 4.99 Å². The number of nitrogens with zero attached hydrogens (tertiary/aromatic N) is 3. The molecule has 0 spiro atoms. The Kier molecular flexibility index (Phi) is 5.09.